The minimum atomic E-state index is -0.408. The minimum absolute atomic E-state index is 0.151. The monoisotopic (exact) mass is 367 g/mol. The summed E-state index contributed by atoms with van der Waals surface area (Å²) in [5.74, 6) is 0.694. The Hall–Kier alpha value is -1.99. The van der Waals surface area contributed by atoms with Crippen molar-refractivity contribution in [2.45, 2.75) is 26.0 Å². The first-order chi connectivity index (χ1) is 11.3. The molecule has 0 saturated carbocycles. The number of aryl methyl sites for hydroxylation is 2. The number of nitrogens with zero attached hydrogens (tertiary/aromatic N) is 1. The molecule has 1 heterocycles. The Kier molecular flexibility index (Phi) is 6.28. The normalized spacial score (nSPS) is 11.8. The van der Waals surface area contributed by atoms with Crippen LogP contribution >= 0.6 is 23.4 Å². The van der Waals surface area contributed by atoms with Crippen LogP contribution in [0.25, 0.3) is 0 Å². The highest BCUT2D eigenvalue weighted by Gasteiger charge is 2.17. The molecule has 2 aromatic rings. The Balaban J connectivity index is 1.79. The fraction of sp³-hybridized carbons (Fsp3) is 0.312. The van der Waals surface area contributed by atoms with Crippen LogP contribution < -0.4 is 10.6 Å². The molecule has 0 fully saturated rings. The van der Waals surface area contributed by atoms with Crippen molar-refractivity contribution in [1.29, 1.82) is 0 Å². The number of aromatic nitrogens is 1. The summed E-state index contributed by atoms with van der Waals surface area (Å²) in [6, 6.07) is 6.94. The van der Waals surface area contributed by atoms with Crippen LogP contribution in [-0.2, 0) is 9.59 Å². The molecule has 0 aliphatic heterocycles. The molecule has 0 aliphatic carbocycles. The zero-order valence-corrected chi connectivity index (χ0v) is 15.1. The van der Waals surface area contributed by atoms with Crippen molar-refractivity contribution in [3.63, 3.8) is 0 Å². The summed E-state index contributed by atoms with van der Waals surface area (Å²) in [7, 11) is 0. The van der Waals surface area contributed by atoms with Gasteiger partial charge in [-0.2, -0.15) is 0 Å². The molecule has 24 heavy (non-hydrogen) atoms. The van der Waals surface area contributed by atoms with Gasteiger partial charge in [-0.3, -0.25) is 9.59 Å². The molecule has 2 amide bonds. The number of hydrogen-bond donors (Lipinski definition) is 2. The molecular formula is C16H18ClN3O3S. The van der Waals surface area contributed by atoms with Gasteiger partial charge in [0.25, 0.3) is 0 Å². The van der Waals surface area contributed by atoms with Crippen molar-refractivity contribution < 1.29 is 14.1 Å². The summed E-state index contributed by atoms with van der Waals surface area (Å²) in [6.07, 6.45) is 0. The van der Waals surface area contributed by atoms with Gasteiger partial charge in [0.05, 0.1) is 11.0 Å². The second kappa shape index (κ2) is 8.21. The van der Waals surface area contributed by atoms with Crippen LogP contribution in [0.5, 0.6) is 0 Å². The van der Waals surface area contributed by atoms with Crippen LogP contribution in [0.15, 0.2) is 28.8 Å². The van der Waals surface area contributed by atoms with E-state index in [1.165, 1.54) is 11.8 Å². The summed E-state index contributed by atoms with van der Waals surface area (Å²) in [5.41, 5.74) is 1.57. The van der Waals surface area contributed by atoms with Gasteiger partial charge in [0.2, 0.25) is 11.8 Å². The summed E-state index contributed by atoms with van der Waals surface area (Å²) in [5, 5.41) is 9.27. The third-order valence-electron chi connectivity index (χ3n) is 3.17. The Morgan fingerprint density at radius 3 is 2.67 bits per heavy atom. The summed E-state index contributed by atoms with van der Waals surface area (Å²) < 4.78 is 4.88. The first-order valence-electron chi connectivity index (χ1n) is 7.27. The summed E-state index contributed by atoms with van der Waals surface area (Å²) in [6.45, 7) is 5.35. The summed E-state index contributed by atoms with van der Waals surface area (Å²) >= 11 is 7.25. The topological polar surface area (TPSA) is 84.2 Å². The molecule has 0 unspecified atom stereocenters. The maximum absolute atomic E-state index is 12.0. The van der Waals surface area contributed by atoms with E-state index < -0.39 is 5.25 Å². The van der Waals surface area contributed by atoms with Gasteiger partial charge in [0, 0.05) is 16.8 Å². The molecule has 2 N–H and O–H groups in total. The lowest BCUT2D eigenvalue weighted by Crippen LogP contribution is -2.25. The number of carbonyl (C=O) groups is 2. The van der Waals surface area contributed by atoms with Crippen molar-refractivity contribution in [3.8, 4) is 0 Å². The number of nitrogens with one attached hydrogen (secondary N) is 2. The Bertz CT molecular complexity index is 748. The molecule has 6 nitrogen and oxygen atoms in total. The fourth-order valence-corrected chi connectivity index (χ4v) is 2.66. The number of thioether (sulfide) groups is 1. The number of carbonyl (C=O) groups excluding carboxylic acids is 2. The van der Waals surface area contributed by atoms with Crippen LogP contribution in [-0.4, -0.2) is 28.0 Å². The number of anilines is 2. The Morgan fingerprint density at radius 1 is 1.29 bits per heavy atom. The van der Waals surface area contributed by atoms with Gasteiger partial charge in [0.1, 0.15) is 5.76 Å². The van der Waals surface area contributed by atoms with E-state index in [9.17, 15) is 9.59 Å². The SMILES string of the molecule is Cc1cc(NC(=O)[C@@H](C)SCC(=O)Nc2ccc(C)c(Cl)c2)no1. The first-order valence-corrected chi connectivity index (χ1v) is 8.69. The van der Waals surface area contributed by atoms with Crippen LogP contribution in [0.3, 0.4) is 0 Å². The van der Waals surface area contributed by atoms with Crippen molar-refractivity contribution in [2.24, 2.45) is 0 Å². The van der Waals surface area contributed by atoms with E-state index in [-0.39, 0.29) is 17.6 Å². The molecule has 128 valence electrons. The van der Waals surface area contributed by atoms with E-state index in [1.54, 1.807) is 32.0 Å². The lowest BCUT2D eigenvalue weighted by atomic mass is 10.2. The smallest absolute Gasteiger partial charge is 0.238 e. The molecule has 0 radical (unpaired) electrons. The maximum atomic E-state index is 12.0. The Labute approximate surface area is 149 Å². The lowest BCUT2D eigenvalue weighted by Gasteiger charge is -2.11. The van der Waals surface area contributed by atoms with Gasteiger partial charge in [-0.1, -0.05) is 22.8 Å². The van der Waals surface area contributed by atoms with Crippen LogP contribution in [0.1, 0.15) is 18.2 Å². The van der Waals surface area contributed by atoms with E-state index in [4.69, 9.17) is 16.1 Å². The highest BCUT2D eigenvalue weighted by Crippen LogP contribution is 2.20. The Morgan fingerprint density at radius 2 is 2.04 bits per heavy atom. The second-order valence-electron chi connectivity index (χ2n) is 5.28. The van der Waals surface area contributed by atoms with Crippen molar-refractivity contribution >= 4 is 46.7 Å². The third-order valence-corrected chi connectivity index (χ3v) is 4.72. The van der Waals surface area contributed by atoms with E-state index in [2.05, 4.69) is 15.8 Å². The predicted octanol–water partition coefficient (Wildman–Crippen LogP) is 3.64. The zero-order chi connectivity index (χ0) is 17.7. The van der Waals surface area contributed by atoms with Gasteiger partial charge in [0.15, 0.2) is 5.82 Å². The second-order valence-corrected chi connectivity index (χ2v) is 7.01. The molecular weight excluding hydrogens is 350 g/mol. The molecule has 0 spiro atoms. The minimum Gasteiger partial charge on any atom is -0.360 e. The molecule has 1 aromatic heterocycles. The average Bonchev–Trinajstić information content (AvgIpc) is 2.93. The number of rotatable bonds is 6. The largest absolute Gasteiger partial charge is 0.360 e. The number of halogens is 1. The van der Waals surface area contributed by atoms with E-state index >= 15 is 0 Å². The molecule has 0 aliphatic rings. The van der Waals surface area contributed by atoms with Crippen LogP contribution in [0, 0.1) is 13.8 Å². The lowest BCUT2D eigenvalue weighted by molar-refractivity contribution is -0.115. The van der Waals surface area contributed by atoms with Crippen molar-refractivity contribution in [1.82, 2.24) is 5.16 Å². The van der Waals surface area contributed by atoms with Gasteiger partial charge >= 0.3 is 0 Å². The highest BCUT2D eigenvalue weighted by molar-refractivity contribution is 8.01. The zero-order valence-electron chi connectivity index (χ0n) is 13.6. The van der Waals surface area contributed by atoms with Crippen LogP contribution in [0.2, 0.25) is 5.02 Å². The molecule has 8 heteroatoms. The van der Waals surface area contributed by atoms with Crippen molar-refractivity contribution in [2.75, 3.05) is 16.4 Å². The van der Waals surface area contributed by atoms with Gasteiger partial charge in [-0.05, 0) is 38.5 Å². The third kappa shape index (κ3) is 5.28. The van der Waals surface area contributed by atoms with Gasteiger partial charge in [-0.25, -0.2) is 0 Å². The molecule has 0 saturated heterocycles. The molecule has 2 rings (SSSR count). The average molecular weight is 368 g/mol. The van der Waals surface area contributed by atoms with E-state index in [1.807, 2.05) is 13.0 Å². The standard InChI is InChI=1S/C16H18ClN3O3S/c1-9-4-5-12(7-13(9)17)18-15(21)8-24-11(3)16(22)19-14-6-10(2)23-20-14/h4-7,11H,8H2,1-3H3,(H,18,21)(H,19,20,22)/t11-/m1/s1. The predicted molar refractivity (Wildman–Crippen MR) is 96.6 cm³/mol. The van der Waals surface area contributed by atoms with E-state index in [0.29, 0.717) is 22.3 Å². The summed E-state index contributed by atoms with van der Waals surface area (Å²) in [4.78, 5) is 24.0. The van der Waals surface area contributed by atoms with Crippen molar-refractivity contribution in [3.05, 3.63) is 40.6 Å². The quantitative estimate of drug-likeness (QED) is 0.814. The number of amides is 2. The highest BCUT2D eigenvalue weighted by atomic mass is 35.5. The molecule has 0 bridgehead atoms. The van der Waals surface area contributed by atoms with E-state index in [0.717, 1.165) is 5.56 Å². The van der Waals surface area contributed by atoms with Gasteiger partial charge in [-0.15, -0.1) is 11.8 Å². The number of hydrogen-bond acceptors (Lipinski definition) is 5. The maximum Gasteiger partial charge on any atom is 0.238 e. The molecule has 1 aromatic carbocycles. The first kappa shape index (κ1) is 18.4. The van der Waals surface area contributed by atoms with Crippen LogP contribution in [0.4, 0.5) is 11.5 Å². The van der Waals surface area contributed by atoms with Gasteiger partial charge < -0.3 is 15.2 Å². The number of benzene rings is 1. The fourth-order valence-electron chi connectivity index (χ4n) is 1.80. The molecule has 1 atom stereocenters.